The number of hydrogen-bond donors (Lipinski definition) is 1. The summed E-state index contributed by atoms with van der Waals surface area (Å²) in [6.45, 7) is 6.60. The third-order valence-corrected chi connectivity index (χ3v) is 4.33. The minimum atomic E-state index is 0.492. The number of piperidine rings is 1. The van der Waals surface area contributed by atoms with Crippen LogP contribution in [0, 0.1) is 0 Å². The Morgan fingerprint density at radius 2 is 2.20 bits per heavy atom. The van der Waals surface area contributed by atoms with Crippen molar-refractivity contribution >= 4 is 0 Å². The second-order valence-electron chi connectivity index (χ2n) is 5.46. The van der Waals surface area contributed by atoms with Crippen molar-refractivity contribution < 1.29 is 4.74 Å². The van der Waals surface area contributed by atoms with Crippen molar-refractivity contribution in [1.82, 2.24) is 10.2 Å². The maximum Gasteiger partial charge on any atom is 0.0758 e. The molecule has 15 heavy (non-hydrogen) atoms. The summed E-state index contributed by atoms with van der Waals surface area (Å²) in [6, 6.07) is 2.80. The van der Waals surface area contributed by atoms with Crippen LogP contribution in [0.2, 0.25) is 0 Å². The van der Waals surface area contributed by atoms with E-state index in [1.165, 1.54) is 19.3 Å². The molecule has 3 nitrogen and oxygen atoms in total. The molecule has 3 heterocycles. The summed E-state index contributed by atoms with van der Waals surface area (Å²) in [5, 5.41) is 3.67. The van der Waals surface area contributed by atoms with Gasteiger partial charge in [-0.3, -0.25) is 4.90 Å². The summed E-state index contributed by atoms with van der Waals surface area (Å²) in [4.78, 5) is 2.73. The minimum Gasteiger partial charge on any atom is -0.375 e. The van der Waals surface area contributed by atoms with E-state index >= 15 is 0 Å². The average molecular weight is 210 g/mol. The van der Waals surface area contributed by atoms with Gasteiger partial charge in [0.2, 0.25) is 0 Å². The van der Waals surface area contributed by atoms with Gasteiger partial charge in [-0.2, -0.15) is 0 Å². The molecule has 1 N–H and O–H groups in total. The molecule has 0 aromatic heterocycles. The third-order valence-electron chi connectivity index (χ3n) is 4.33. The second kappa shape index (κ2) is 3.72. The fraction of sp³-hybridized carbons (Fsp3) is 1.00. The molecule has 86 valence electrons. The van der Waals surface area contributed by atoms with Gasteiger partial charge in [-0.15, -0.1) is 0 Å². The molecule has 2 bridgehead atoms. The van der Waals surface area contributed by atoms with Gasteiger partial charge in [0, 0.05) is 30.7 Å². The first-order chi connectivity index (χ1) is 7.27. The summed E-state index contributed by atoms with van der Waals surface area (Å²) < 4.78 is 5.90. The van der Waals surface area contributed by atoms with Gasteiger partial charge in [-0.25, -0.2) is 0 Å². The van der Waals surface area contributed by atoms with Gasteiger partial charge in [-0.1, -0.05) is 0 Å². The number of hydrogen-bond acceptors (Lipinski definition) is 3. The van der Waals surface area contributed by atoms with Crippen molar-refractivity contribution in [3.05, 3.63) is 0 Å². The third kappa shape index (κ3) is 1.52. The lowest BCUT2D eigenvalue weighted by Crippen LogP contribution is -2.64. The largest absolute Gasteiger partial charge is 0.375 e. The molecule has 3 heteroatoms. The minimum absolute atomic E-state index is 0.492. The Morgan fingerprint density at radius 3 is 3.00 bits per heavy atom. The van der Waals surface area contributed by atoms with Crippen LogP contribution in [0.15, 0.2) is 0 Å². The van der Waals surface area contributed by atoms with Gasteiger partial charge in [0.15, 0.2) is 0 Å². The summed E-state index contributed by atoms with van der Waals surface area (Å²) in [7, 11) is 0. The highest BCUT2D eigenvalue weighted by Gasteiger charge is 2.49. The Labute approximate surface area is 92.2 Å². The van der Waals surface area contributed by atoms with E-state index in [0.717, 1.165) is 25.2 Å². The van der Waals surface area contributed by atoms with Crippen molar-refractivity contribution in [2.75, 3.05) is 13.2 Å². The first kappa shape index (κ1) is 10.1. The summed E-state index contributed by atoms with van der Waals surface area (Å²) >= 11 is 0. The van der Waals surface area contributed by atoms with E-state index in [4.69, 9.17) is 4.74 Å². The topological polar surface area (TPSA) is 24.5 Å². The van der Waals surface area contributed by atoms with Crippen molar-refractivity contribution in [3.8, 4) is 0 Å². The molecule has 0 spiro atoms. The highest BCUT2D eigenvalue weighted by atomic mass is 16.5. The second-order valence-corrected chi connectivity index (χ2v) is 5.46. The molecular formula is C12H22N2O. The molecule has 0 radical (unpaired) electrons. The van der Waals surface area contributed by atoms with E-state index in [2.05, 4.69) is 24.1 Å². The number of morpholine rings is 1. The van der Waals surface area contributed by atoms with Crippen LogP contribution in [0.4, 0.5) is 0 Å². The Bertz CT molecular complexity index is 244. The van der Waals surface area contributed by atoms with Crippen LogP contribution in [0.1, 0.15) is 33.1 Å². The van der Waals surface area contributed by atoms with E-state index in [1.807, 2.05) is 0 Å². The van der Waals surface area contributed by atoms with Crippen molar-refractivity contribution in [3.63, 3.8) is 0 Å². The molecule has 0 aromatic carbocycles. The highest BCUT2D eigenvalue weighted by molar-refractivity contribution is 5.06. The van der Waals surface area contributed by atoms with E-state index < -0.39 is 0 Å². The predicted octanol–water partition coefficient (Wildman–Crippen LogP) is 0.988. The summed E-state index contributed by atoms with van der Waals surface area (Å²) in [6.07, 6.45) is 4.47. The van der Waals surface area contributed by atoms with Crippen LogP contribution < -0.4 is 5.32 Å². The van der Waals surface area contributed by atoms with E-state index in [0.29, 0.717) is 18.2 Å². The van der Waals surface area contributed by atoms with Gasteiger partial charge in [0.25, 0.3) is 0 Å². The van der Waals surface area contributed by atoms with Crippen molar-refractivity contribution in [2.45, 2.75) is 63.4 Å². The number of nitrogens with one attached hydrogen (secondary N) is 1. The summed E-state index contributed by atoms with van der Waals surface area (Å²) in [5.74, 6) is 0. The first-order valence-corrected chi connectivity index (χ1v) is 6.40. The van der Waals surface area contributed by atoms with Crippen molar-refractivity contribution in [2.24, 2.45) is 0 Å². The van der Waals surface area contributed by atoms with E-state index in [-0.39, 0.29) is 0 Å². The van der Waals surface area contributed by atoms with Gasteiger partial charge >= 0.3 is 0 Å². The normalized spacial score (nSPS) is 45.8. The summed E-state index contributed by atoms with van der Waals surface area (Å²) in [5.41, 5.74) is 0. The Balaban J connectivity index is 1.82. The molecular weight excluding hydrogens is 188 g/mol. The molecule has 3 aliphatic heterocycles. The fourth-order valence-electron chi connectivity index (χ4n) is 3.88. The highest BCUT2D eigenvalue weighted by Crippen LogP contribution is 2.39. The lowest BCUT2D eigenvalue weighted by molar-refractivity contribution is -0.0762. The lowest BCUT2D eigenvalue weighted by atomic mass is 9.92. The molecule has 0 aromatic rings. The molecule has 0 amide bonds. The predicted molar refractivity (Wildman–Crippen MR) is 59.9 cm³/mol. The molecule has 3 aliphatic rings. The van der Waals surface area contributed by atoms with E-state index in [1.54, 1.807) is 0 Å². The zero-order valence-corrected chi connectivity index (χ0v) is 9.78. The molecule has 0 unspecified atom stereocenters. The Hall–Kier alpha value is -0.120. The quantitative estimate of drug-likeness (QED) is 0.698. The average Bonchev–Trinajstić information content (AvgIpc) is 2.55. The van der Waals surface area contributed by atoms with E-state index in [9.17, 15) is 0 Å². The molecule has 0 saturated carbocycles. The zero-order chi connectivity index (χ0) is 10.4. The van der Waals surface area contributed by atoms with Gasteiger partial charge in [-0.05, 0) is 33.1 Å². The number of fused-ring (bicyclic) bond motifs is 4. The number of nitrogens with zero attached hydrogens (tertiary/aromatic N) is 1. The van der Waals surface area contributed by atoms with Crippen LogP contribution in [0.3, 0.4) is 0 Å². The van der Waals surface area contributed by atoms with Crippen molar-refractivity contribution in [1.29, 1.82) is 0 Å². The standard InChI is InChI=1S/C12H22N2O/c1-8(2)14-9-3-4-10(14)12-11(7-9)15-6-5-13-12/h8-13H,3-7H2,1-2H3/t9-,10+,11-,12+/m1/s1. The van der Waals surface area contributed by atoms with Crippen LogP contribution in [-0.2, 0) is 4.74 Å². The lowest BCUT2D eigenvalue weighted by Gasteiger charge is -2.48. The van der Waals surface area contributed by atoms with Crippen LogP contribution in [0.5, 0.6) is 0 Å². The maximum atomic E-state index is 5.90. The SMILES string of the molecule is CC(C)N1[C@@H]2CC[C@H]1[C@@H]1NCCO[C@@H]1C2. The molecule has 0 aliphatic carbocycles. The molecule has 3 rings (SSSR count). The first-order valence-electron chi connectivity index (χ1n) is 6.40. The van der Waals surface area contributed by atoms with Gasteiger partial charge < -0.3 is 10.1 Å². The fourth-order valence-corrected chi connectivity index (χ4v) is 3.88. The van der Waals surface area contributed by atoms with Crippen LogP contribution in [0.25, 0.3) is 0 Å². The molecule has 4 atom stereocenters. The number of ether oxygens (including phenoxy) is 1. The number of rotatable bonds is 1. The maximum absolute atomic E-state index is 5.90. The Morgan fingerprint density at radius 1 is 1.33 bits per heavy atom. The van der Waals surface area contributed by atoms with Gasteiger partial charge in [0.1, 0.15) is 0 Å². The smallest absolute Gasteiger partial charge is 0.0758 e. The molecule has 3 saturated heterocycles. The molecule has 3 fully saturated rings. The monoisotopic (exact) mass is 210 g/mol. The van der Waals surface area contributed by atoms with Crippen LogP contribution >= 0.6 is 0 Å². The van der Waals surface area contributed by atoms with Gasteiger partial charge in [0.05, 0.1) is 12.7 Å². The van der Waals surface area contributed by atoms with Crippen LogP contribution in [-0.4, -0.2) is 48.3 Å². The zero-order valence-electron chi connectivity index (χ0n) is 9.78. The Kier molecular flexibility index (Phi) is 2.49.